The van der Waals surface area contributed by atoms with Crippen molar-refractivity contribution >= 4 is 27.3 Å². The number of hydrogen-bond acceptors (Lipinski definition) is 7. The van der Waals surface area contributed by atoms with E-state index >= 15 is 0 Å². The van der Waals surface area contributed by atoms with Crippen molar-refractivity contribution in [1.29, 1.82) is 0 Å². The van der Waals surface area contributed by atoms with Crippen molar-refractivity contribution in [2.45, 2.75) is 37.8 Å². The number of hydrogen-bond donors (Lipinski definition) is 2. The number of sulfonamides is 1. The zero-order valence-electron chi connectivity index (χ0n) is 22.8. The summed E-state index contributed by atoms with van der Waals surface area (Å²) < 4.78 is 31.0. The van der Waals surface area contributed by atoms with Crippen LogP contribution in [0.5, 0.6) is 0 Å². The predicted molar refractivity (Wildman–Crippen MR) is 160 cm³/mol. The maximum atomic E-state index is 12.6. The highest BCUT2D eigenvalue weighted by Gasteiger charge is 2.52. The predicted octanol–water partition coefficient (Wildman–Crippen LogP) is 5.61. The van der Waals surface area contributed by atoms with Crippen molar-refractivity contribution in [3.05, 3.63) is 108 Å². The summed E-state index contributed by atoms with van der Waals surface area (Å²) in [5.74, 6) is 0.193. The molecule has 0 bridgehead atoms. The smallest absolute Gasteiger partial charge is 0.244 e. The number of dihydropyridines is 1. The quantitative estimate of drug-likeness (QED) is 0.287. The third-order valence-electron chi connectivity index (χ3n) is 7.55. The van der Waals surface area contributed by atoms with Crippen molar-refractivity contribution in [3.8, 4) is 22.5 Å². The monoisotopic (exact) mass is 566 g/mol. The van der Waals surface area contributed by atoms with Crippen molar-refractivity contribution in [2.24, 2.45) is 4.99 Å². The Balaban J connectivity index is 1.19. The Morgan fingerprint density at radius 2 is 1.54 bits per heavy atom. The van der Waals surface area contributed by atoms with Gasteiger partial charge in [0.1, 0.15) is 17.5 Å². The van der Waals surface area contributed by atoms with Gasteiger partial charge in [0.2, 0.25) is 15.9 Å². The van der Waals surface area contributed by atoms with Gasteiger partial charge in [-0.05, 0) is 48.1 Å². The number of carbonyl (C=O) groups is 1. The van der Waals surface area contributed by atoms with E-state index in [4.69, 9.17) is 9.52 Å². The maximum Gasteiger partial charge on any atom is 0.244 e. The molecule has 1 aliphatic carbocycles. The molecule has 1 unspecified atom stereocenters. The molecule has 6 rings (SSSR count). The topological polar surface area (TPSA) is 114 Å². The fourth-order valence-corrected chi connectivity index (χ4v) is 5.71. The summed E-state index contributed by atoms with van der Waals surface area (Å²) in [5.41, 5.74) is 6.53. The Morgan fingerprint density at radius 1 is 0.902 bits per heavy atom. The zero-order valence-corrected chi connectivity index (χ0v) is 23.6. The molecule has 2 N–H and O–H groups in total. The average Bonchev–Trinajstić information content (AvgIpc) is 3.72. The second-order valence-corrected chi connectivity index (χ2v) is 12.3. The summed E-state index contributed by atoms with van der Waals surface area (Å²) in [4.78, 5) is 17.5. The van der Waals surface area contributed by atoms with Crippen molar-refractivity contribution in [1.82, 2.24) is 9.88 Å². The number of aryl methyl sites for hydroxylation is 1. The molecule has 0 saturated heterocycles. The van der Waals surface area contributed by atoms with Gasteiger partial charge in [0.05, 0.1) is 17.4 Å². The fourth-order valence-electron chi connectivity index (χ4n) is 5.18. The van der Waals surface area contributed by atoms with Crippen LogP contribution in [-0.4, -0.2) is 37.6 Å². The Morgan fingerprint density at radius 3 is 2.17 bits per heavy atom. The Kier molecular flexibility index (Phi) is 6.83. The molecule has 1 fully saturated rings. The first-order valence-corrected chi connectivity index (χ1v) is 15.4. The minimum Gasteiger partial charge on any atom is -0.359 e. The molecule has 2 heterocycles. The molecule has 8 nitrogen and oxygen atoms in total. The van der Waals surface area contributed by atoms with E-state index in [9.17, 15) is 13.2 Å². The number of aliphatic imine (C=N–C) groups is 1. The van der Waals surface area contributed by atoms with E-state index < -0.39 is 21.3 Å². The molecule has 41 heavy (non-hydrogen) atoms. The molecular formula is C32H30N4O4S. The van der Waals surface area contributed by atoms with Crippen LogP contribution in [0.3, 0.4) is 0 Å². The van der Waals surface area contributed by atoms with Gasteiger partial charge in [-0.1, -0.05) is 90.1 Å². The molecule has 1 saturated carbocycles. The number of carbonyl (C=O) groups excluding carboxylic acids is 1. The number of allylic oxidation sites excluding steroid dienone is 1. The second kappa shape index (κ2) is 10.5. The van der Waals surface area contributed by atoms with Crippen LogP contribution in [0.1, 0.15) is 36.1 Å². The van der Waals surface area contributed by atoms with Gasteiger partial charge >= 0.3 is 0 Å². The number of anilines is 1. The first kappa shape index (κ1) is 26.7. The first-order chi connectivity index (χ1) is 19.7. The molecular weight excluding hydrogens is 536 g/mol. The van der Waals surface area contributed by atoms with Crippen molar-refractivity contribution in [3.63, 3.8) is 0 Å². The Labute approximate surface area is 239 Å². The number of benzene rings is 3. The van der Waals surface area contributed by atoms with Gasteiger partial charge < -0.3 is 9.84 Å². The molecule has 0 spiro atoms. The molecule has 1 atom stereocenters. The zero-order chi connectivity index (χ0) is 28.6. The molecule has 4 aromatic rings. The second-order valence-electron chi connectivity index (χ2n) is 10.6. The molecule has 1 amide bonds. The normalized spacial score (nSPS) is 17.5. The summed E-state index contributed by atoms with van der Waals surface area (Å²) in [7, 11) is -3.60. The lowest BCUT2D eigenvalue weighted by Gasteiger charge is -2.19. The molecule has 9 heteroatoms. The van der Waals surface area contributed by atoms with E-state index in [2.05, 4.69) is 39.5 Å². The SMILES string of the molecule is Cc1noc(-c2ccc(-c3ccc(C4(C(=O)NS(C)(=O)=O)CC4)cc3)cc2)c1NC1CC=CC(c2ccccc2)=N1. The molecule has 2 aliphatic rings. The van der Waals surface area contributed by atoms with Crippen LogP contribution in [0.2, 0.25) is 0 Å². The van der Waals surface area contributed by atoms with Gasteiger partial charge in [0, 0.05) is 12.0 Å². The third kappa shape index (κ3) is 5.58. The van der Waals surface area contributed by atoms with Crippen LogP contribution in [0.4, 0.5) is 5.69 Å². The largest absolute Gasteiger partial charge is 0.359 e. The maximum absolute atomic E-state index is 12.6. The van der Waals surface area contributed by atoms with E-state index in [0.29, 0.717) is 18.6 Å². The summed E-state index contributed by atoms with van der Waals surface area (Å²) in [5, 5.41) is 7.74. The Bertz CT molecular complexity index is 1750. The van der Waals surface area contributed by atoms with Crippen molar-refractivity contribution in [2.75, 3.05) is 11.6 Å². The lowest BCUT2D eigenvalue weighted by Crippen LogP contribution is -2.38. The van der Waals surface area contributed by atoms with Crippen LogP contribution in [-0.2, 0) is 20.2 Å². The van der Waals surface area contributed by atoms with E-state index in [-0.39, 0.29) is 6.17 Å². The van der Waals surface area contributed by atoms with Crippen molar-refractivity contribution < 1.29 is 17.7 Å². The first-order valence-electron chi connectivity index (χ1n) is 13.5. The molecule has 0 radical (unpaired) electrons. The highest BCUT2D eigenvalue weighted by atomic mass is 32.2. The van der Waals surface area contributed by atoms with Gasteiger partial charge in [-0.15, -0.1) is 0 Å². The third-order valence-corrected chi connectivity index (χ3v) is 8.11. The minimum absolute atomic E-state index is 0.140. The fraction of sp³-hybridized carbons (Fsp3) is 0.219. The van der Waals surface area contributed by atoms with Gasteiger partial charge in [-0.3, -0.25) is 14.5 Å². The van der Waals surface area contributed by atoms with Crippen LogP contribution < -0.4 is 10.0 Å². The highest BCUT2D eigenvalue weighted by molar-refractivity contribution is 7.89. The minimum atomic E-state index is -3.60. The number of aromatic nitrogens is 1. The molecule has 1 aromatic heterocycles. The number of rotatable bonds is 8. The van der Waals surface area contributed by atoms with Crippen LogP contribution in [0, 0.1) is 6.92 Å². The van der Waals surface area contributed by atoms with E-state index in [1.165, 1.54) is 0 Å². The lowest BCUT2D eigenvalue weighted by atomic mass is 9.93. The molecule has 1 aliphatic heterocycles. The number of amides is 1. The van der Waals surface area contributed by atoms with Gasteiger partial charge in [0.15, 0.2) is 5.76 Å². The standard InChI is InChI=1S/C32H30N4O4S/c1-21-29(34-28-10-6-9-27(33-28)24-7-4-3-5-8-24)30(40-35-21)25-13-11-22(12-14-25)23-15-17-26(18-16-23)32(19-20-32)31(37)36-41(2,38)39/h3-9,11-18,28,34H,10,19-20H2,1-2H3,(H,36,37). The number of nitrogens with zero attached hydrogens (tertiary/aromatic N) is 2. The summed E-state index contributed by atoms with van der Waals surface area (Å²) in [6.07, 6.45) is 7.05. The average molecular weight is 567 g/mol. The van der Waals surface area contributed by atoms with Gasteiger partial charge in [0.25, 0.3) is 0 Å². The summed E-state index contributed by atoms with van der Waals surface area (Å²) in [6.45, 7) is 1.91. The van der Waals surface area contributed by atoms with Gasteiger partial charge in [-0.2, -0.15) is 0 Å². The lowest BCUT2D eigenvalue weighted by molar-refractivity contribution is -0.121. The van der Waals surface area contributed by atoms with E-state index in [1.54, 1.807) is 0 Å². The van der Waals surface area contributed by atoms with Crippen LogP contribution >= 0.6 is 0 Å². The number of nitrogens with one attached hydrogen (secondary N) is 2. The van der Waals surface area contributed by atoms with E-state index in [0.717, 1.165) is 57.6 Å². The van der Waals surface area contributed by atoms with E-state index in [1.807, 2.05) is 73.7 Å². The molecule has 208 valence electrons. The Hall–Kier alpha value is -4.50. The highest BCUT2D eigenvalue weighted by Crippen LogP contribution is 2.48. The summed E-state index contributed by atoms with van der Waals surface area (Å²) in [6, 6.07) is 25.9. The molecule has 3 aromatic carbocycles. The van der Waals surface area contributed by atoms with Gasteiger partial charge in [-0.25, -0.2) is 8.42 Å². The van der Waals surface area contributed by atoms with Crippen LogP contribution in [0.25, 0.3) is 22.5 Å². The summed E-state index contributed by atoms with van der Waals surface area (Å²) >= 11 is 0. The van der Waals surface area contributed by atoms with Crippen LogP contribution in [0.15, 0.2) is 101 Å².